The van der Waals surface area contributed by atoms with Gasteiger partial charge in [-0.1, -0.05) is 0 Å². The molecule has 3 N–H and O–H groups in total. The molecule has 1 aliphatic rings. The SMILES string of the molecule is COc1ccc(Oc2ccc(-c3nn(C4CCCNC4)c4ncnc(N)c34)cc2)cc1OC. The quantitative estimate of drug-likeness (QED) is 0.460. The van der Waals surface area contributed by atoms with Crippen LogP contribution in [0.15, 0.2) is 48.8 Å². The fourth-order valence-electron chi connectivity index (χ4n) is 4.19. The maximum absolute atomic E-state index is 6.25. The van der Waals surface area contributed by atoms with Gasteiger partial charge in [0.25, 0.3) is 0 Å². The second-order valence-corrected chi connectivity index (χ2v) is 7.89. The van der Waals surface area contributed by atoms with Crippen LogP contribution in [0.3, 0.4) is 0 Å². The van der Waals surface area contributed by atoms with Crippen LogP contribution in [-0.2, 0) is 0 Å². The van der Waals surface area contributed by atoms with E-state index in [1.54, 1.807) is 20.3 Å². The van der Waals surface area contributed by atoms with E-state index in [4.69, 9.17) is 25.0 Å². The third-order valence-corrected chi connectivity index (χ3v) is 5.85. The number of nitrogen functional groups attached to an aromatic ring is 1. The van der Waals surface area contributed by atoms with Gasteiger partial charge in [-0.15, -0.1) is 0 Å². The standard InChI is InChI=1S/C24H26N6O3/c1-31-19-10-9-18(12-20(19)32-2)33-17-7-5-15(6-8-17)22-21-23(25)27-14-28-24(21)30(29-22)16-4-3-11-26-13-16/h5-10,12,14,16,26H,3-4,11,13H2,1-2H3,(H2,25,27,28). The molecule has 5 rings (SSSR count). The molecular formula is C24H26N6O3. The van der Waals surface area contributed by atoms with Crippen LogP contribution in [0, 0.1) is 0 Å². The van der Waals surface area contributed by atoms with Crippen molar-refractivity contribution in [2.75, 3.05) is 33.0 Å². The Labute approximate surface area is 191 Å². The number of anilines is 1. The molecule has 0 aliphatic carbocycles. The molecule has 9 heteroatoms. The Bertz CT molecular complexity index is 1270. The number of aromatic nitrogens is 4. The molecule has 33 heavy (non-hydrogen) atoms. The first-order valence-corrected chi connectivity index (χ1v) is 10.9. The summed E-state index contributed by atoms with van der Waals surface area (Å²) in [4.78, 5) is 8.71. The number of hydrogen-bond donors (Lipinski definition) is 2. The van der Waals surface area contributed by atoms with E-state index in [1.807, 2.05) is 41.1 Å². The number of hydrogen-bond acceptors (Lipinski definition) is 8. The summed E-state index contributed by atoms with van der Waals surface area (Å²) >= 11 is 0. The average Bonchev–Trinajstić information content (AvgIpc) is 3.26. The number of rotatable bonds is 6. The lowest BCUT2D eigenvalue weighted by molar-refractivity contribution is 0.352. The zero-order valence-corrected chi connectivity index (χ0v) is 18.6. The second kappa shape index (κ2) is 8.95. The average molecular weight is 447 g/mol. The van der Waals surface area contributed by atoms with Gasteiger partial charge in [-0.2, -0.15) is 5.10 Å². The lowest BCUT2D eigenvalue weighted by Crippen LogP contribution is -2.32. The predicted molar refractivity (Wildman–Crippen MR) is 126 cm³/mol. The fourth-order valence-corrected chi connectivity index (χ4v) is 4.19. The molecule has 2 aromatic heterocycles. The van der Waals surface area contributed by atoms with Crippen molar-refractivity contribution in [3.8, 4) is 34.3 Å². The molecule has 1 aliphatic heterocycles. The van der Waals surface area contributed by atoms with Crippen molar-refractivity contribution >= 4 is 16.9 Å². The third kappa shape index (κ3) is 4.03. The lowest BCUT2D eigenvalue weighted by atomic mass is 10.1. The lowest BCUT2D eigenvalue weighted by Gasteiger charge is -2.23. The van der Waals surface area contributed by atoms with E-state index >= 15 is 0 Å². The molecule has 1 unspecified atom stereocenters. The summed E-state index contributed by atoms with van der Waals surface area (Å²) in [5.74, 6) is 3.02. The van der Waals surface area contributed by atoms with E-state index in [0.29, 0.717) is 28.8 Å². The summed E-state index contributed by atoms with van der Waals surface area (Å²) in [5, 5.41) is 9.14. The minimum atomic E-state index is 0.233. The summed E-state index contributed by atoms with van der Waals surface area (Å²) in [7, 11) is 3.20. The Morgan fingerprint density at radius 3 is 2.52 bits per heavy atom. The van der Waals surface area contributed by atoms with Crippen molar-refractivity contribution in [2.24, 2.45) is 0 Å². The number of piperidine rings is 1. The molecule has 0 bridgehead atoms. The Balaban J connectivity index is 1.46. The van der Waals surface area contributed by atoms with Crippen molar-refractivity contribution < 1.29 is 14.2 Å². The van der Waals surface area contributed by atoms with Crippen molar-refractivity contribution in [1.29, 1.82) is 0 Å². The Morgan fingerprint density at radius 1 is 1.00 bits per heavy atom. The molecule has 0 radical (unpaired) electrons. The van der Waals surface area contributed by atoms with Gasteiger partial charge in [-0.05, 0) is 55.8 Å². The summed E-state index contributed by atoms with van der Waals surface area (Å²) in [6.07, 6.45) is 3.64. The highest BCUT2D eigenvalue weighted by molar-refractivity contribution is 5.98. The molecule has 0 saturated carbocycles. The normalized spacial score (nSPS) is 16.0. The monoisotopic (exact) mass is 446 g/mol. The largest absolute Gasteiger partial charge is 0.493 e. The highest BCUT2D eigenvalue weighted by Crippen LogP contribution is 2.36. The molecule has 1 saturated heterocycles. The van der Waals surface area contributed by atoms with Crippen LogP contribution in [0.25, 0.3) is 22.3 Å². The topological polar surface area (TPSA) is 109 Å². The van der Waals surface area contributed by atoms with Gasteiger partial charge < -0.3 is 25.3 Å². The molecule has 4 aromatic rings. The second-order valence-electron chi connectivity index (χ2n) is 7.89. The smallest absolute Gasteiger partial charge is 0.164 e. The Kier molecular flexibility index (Phi) is 5.70. The highest BCUT2D eigenvalue weighted by atomic mass is 16.5. The number of benzene rings is 2. The third-order valence-electron chi connectivity index (χ3n) is 5.85. The number of fused-ring (bicyclic) bond motifs is 1. The van der Waals surface area contributed by atoms with E-state index in [-0.39, 0.29) is 6.04 Å². The molecule has 1 atom stereocenters. The van der Waals surface area contributed by atoms with Gasteiger partial charge >= 0.3 is 0 Å². The maximum Gasteiger partial charge on any atom is 0.164 e. The van der Waals surface area contributed by atoms with Gasteiger partial charge in [0, 0.05) is 18.2 Å². The van der Waals surface area contributed by atoms with Crippen LogP contribution in [0.1, 0.15) is 18.9 Å². The molecule has 0 spiro atoms. The summed E-state index contributed by atoms with van der Waals surface area (Å²) in [5.41, 5.74) is 8.70. The van der Waals surface area contributed by atoms with Gasteiger partial charge in [0.2, 0.25) is 0 Å². The molecule has 3 heterocycles. The van der Waals surface area contributed by atoms with E-state index in [0.717, 1.165) is 48.2 Å². The maximum atomic E-state index is 6.25. The van der Waals surface area contributed by atoms with Crippen LogP contribution in [0.4, 0.5) is 5.82 Å². The number of methoxy groups -OCH3 is 2. The van der Waals surface area contributed by atoms with E-state index in [2.05, 4.69) is 15.3 Å². The Morgan fingerprint density at radius 2 is 1.79 bits per heavy atom. The van der Waals surface area contributed by atoms with Gasteiger partial charge in [0.05, 0.1) is 25.6 Å². The van der Waals surface area contributed by atoms with Crippen molar-refractivity contribution in [1.82, 2.24) is 25.1 Å². The summed E-state index contributed by atoms with van der Waals surface area (Å²) in [6, 6.07) is 13.4. The summed E-state index contributed by atoms with van der Waals surface area (Å²) < 4.78 is 18.6. The number of nitrogens with two attached hydrogens (primary N) is 1. The van der Waals surface area contributed by atoms with Gasteiger partial charge in [0.1, 0.15) is 29.3 Å². The van der Waals surface area contributed by atoms with Crippen LogP contribution in [0.5, 0.6) is 23.0 Å². The first-order chi connectivity index (χ1) is 16.2. The zero-order valence-electron chi connectivity index (χ0n) is 18.6. The number of ether oxygens (including phenoxy) is 3. The highest BCUT2D eigenvalue weighted by Gasteiger charge is 2.23. The first kappa shape index (κ1) is 21.0. The Hall–Kier alpha value is -3.85. The van der Waals surface area contributed by atoms with E-state index < -0.39 is 0 Å². The molecular weight excluding hydrogens is 420 g/mol. The van der Waals surface area contributed by atoms with Crippen molar-refractivity contribution in [3.63, 3.8) is 0 Å². The zero-order chi connectivity index (χ0) is 22.8. The van der Waals surface area contributed by atoms with E-state index in [9.17, 15) is 0 Å². The fraction of sp³-hybridized carbons (Fsp3) is 0.292. The number of nitrogens with zero attached hydrogens (tertiary/aromatic N) is 4. The molecule has 9 nitrogen and oxygen atoms in total. The first-order valence-electron chi connectivity index (χ1n) is 10.9. The van der Waals surface area contributed by atoms with Crippen molar-refractivity contribution in [3.05, 3.63) is 48.8 Å². The van der Waals surface area contributed by atoms with Gasteiger partial charge in [-0.3, -0.25) is 0 Å². The molecule has 0 amide bonds. The minimum Gasteiger partial charge on any atom is -0.493 e. The van der Waals surface area contributed by atoms with Crippen LogP contribution < -0.4 is 25.3 Å². The van der Waals surface area contributed by atoms with E-state index in [1.165, 1.54) is 6.33 Å². The van der Waals surface area contributed by atoms with Gasteiger partial charge in [-0.25, -0.2) is 14.6 Å². The number of nitrogens with one attached hydrogen (secondary N) is 1. The van der Waals surface area contributed by atoms with Crippen LogP contribution in [0.2, 0.25) is 0 Å². The van der Waals surface area contributed by atoms with Crippen LogP contribution >= 0.6 is 0 Å². The van der Waals surface area contributed by atoms with Gasteiger partial charge in [0.15, 0.2) is 17.1 Å². The minimum absolute atomic E-state index is 0.233. The van der Waals surface area contributed by atoms with Crippen LogP contribution in [-0.4, -0.2) is 47.1 Å². The van der Waals surface area contributed by atoms with Crippen molar-refractivity contribution in [2.45, 2.75) is 18.9 Å². The molecule has 1 fully saturated rings. The predicted octanol–water partition coefficient (Wildman–Crippen LogP) is 3.81. The molecule has 170 valence electrons. The molecule has 2 aromatic carbocycles. The summed E-state index contributed by atoms with van der Waals surface area (Å²) in [6.45, 7) is 1.89.